The number of nitrogens with zero attached hydrogens (tertiary/aromatic N) is 2. The summed E-state index contributed by atoms with van der Waals surface area (Å²) in [5.74, 6) is 0.725. The summed E-state index contributed by atoms with van der Waals surface area (Å²) in [6.07, 6.45) is 0. The van der Waals surface area contributed by atoms with Crippen molar-refractivity contribution >= 4 is 11.8 Å². The van der Waals surface area contributed by atoms with Gasteiger partial charge in [0.05, 0.1) is 5.56 Å². The quantitative estimate of drug-likeness (QED) is 0.821. The van der Waals surface area contributed by atoms with E-state index in [1.54, 1.807) is 12.1 Å². The molecule has 18 heavy (non-hydrogen) atoms. The molecule has 1 aromatic carbocycles. The summed E-state index contributed by atoms with van der Waals surface area (Å²) < 4.78 is 14.0. The van der Waals surface area contributed by atoms with Gasteiger partial charge in [-0.15, -0.1) is 0 Å². The molecule has 1 fully saturated rings. The maximum atomic E-state index is 14.0. The molecule has 2 unspecified atom stereocenters. The fourth-order valence-corrected chi connectivity index (χ4v) is 3.39. The Labute approximate surface area is 112 Å². The minimum atomic E-state index is -0.363. The summed E-state index contributed by atoms with van der Waals surface area (Å²) in [7, 11) is 0. The minimum Gasteiger partial charge on any atom is -0.294 e. The lowest BCUT2D eigenvalue weighted by Gasteiger charge is -2.37. The summed E-state index contributed by atoms with van der Waals surface area (Å²) >= 11 is 1.96. The molecular weight excluding hydrogens is 247 g/mol. The van der Waals surface area contributed by atoms with Crippen LogP contribution in [0, 0.1) is 17.1 Å². The molecule has 1 aromatic rings. The third-order valence-corrected chi connectivity index (χ3v) is 4.93. The summed E-state index contributed by atoms with van der Waals surface area (Å²) in [5.41, 5.74) is 0.764. The van der Waals surface area contributed by atoms with Gasteiger partial charge in [-0.25, -0.2) is 4.39 Å². The van der Waals surface area contributed by atoms with Crippen molar-refractivity contribution in [1.29, 1.82) is 5.26 Å². The Bertz CT molecular complexity index is 469. The van der Waals surface area contributed by atoms with Gasteiger partial charge in [-0.1, -0.05) is 19.1 Å². The van der Waals surface area contributed by atoms with Crippen molar-refractivity contribution in [2.75, 3.05) is 12.3 Å². The van der Waals surface area contributed by atoms with Gasteiger partial charge in [0.2, 0.25) is 0 Å². The van der Waals surface area contributed by atoms with Crippen LogP contribution in [0.4, 0.5) is 4.39 Å². The Morgan fingerprint density at radius 2 is 2.28 bits per heavy atom. The van der Waals surface area contributed by atoms with Crippen molar-refractivity contribution in [1.82, 2.24) is 4.90 Å². The van der Waals surface area contributed by atoms with Crippen LogP contribution in [-0.4, -0.2) is 28.5 Å². The lowest BCUT2D eigenvalue weighted by atomic mass is 10.1. The zero-order chi connectivity index (χ0) is 13.1. The predicted molar refractivity (Wildman–Crippen MR) is 72.9 cm³/mol. The number of benzene rings is 1. The molecule has 2 nitrogen and oxygen atoms in total. The highest BCUT2D eigenvalue weighted by Crippen LogP contribution is 2.26. The van der Waals surface area contributed by atoms with Crippen LogP contribution in [0.25, 0.3) is 0 Å². The van der Waals surface area contributed by atoms with E-state index >= 15 is 0 Å². The van der Waals surface area contributed by atoms with Crippen molar-refractivity contribution < 1.29 is 4.39 Å². The normalized spacial score (nSPS) is 24.8. The first-order valence-electron chi connectivity index (χ1n) is 6.16. The van der Waals surface area contributed by atoms with Crippen molar-refractivity contribution in [3.63, 3.8) is 0 Å². The number of hydrogen-bond donors (Lipinski definition) is 0. The molecular formula is C14H17FN2S. The average molecular weight is 264 g/mol. The Hall–Kier alpha value is -1.05. The molecule has 0 aromatic heterocycles. The number of nitriles is 1. The zero-order valence-corrected chi connectivity index (χ0v) is 11.5. The smallest absolute Gasteiger partial charge is 0.145 e. The second kappa shape index (κ2) is 5.73. The number of halogens is 1. The van der Waals surface area contributed by atoms with Gasteiger partial charge in [-0.05, 0) is 13.0 Å². The highest BCUT2D eigenvalue weighted by molar-refractivity contribution is 8.00. The Morgan fingerprint density at radius 3 is 3.00 bits per heavy atom. The van der Waals surface area contributed by atoms with Crippen LogP contribution in [0.3, 0.4) is 0 Å². The molecule has 0 radical (unpaired) electrons. The van der Waals surface area contributed by atoms with E-state index in [1.807, 2.05) is 17.8 Å². The lowest BCUT2D eigenvalue weighted by Crippen LogP contribution is -2.44. The highest BCUT2D eigenvalue weighted by Gasteiger charge is 2.25. The number of rotatable bonds is 2. The van der Waals surface area contributed by atoms with E-state index in [1.165, 1.54) is 6.07 Å². The molecule has 2 rings (SSSR count). The summed E-state index contributed by atoms with van der Waals surface area (Å²) in [5, 5.41) is 9.41. The van der Waals surface area contributed by atoms with Gasteiger partial charge in [-0.3, -0.25) is 4.90 Å². The number of thioether (sulfide) groups is 1. The third-order valence-electron chi connectivity index (χ3n) is 3.59. The molecule has 1 saturated heterocycles. The topological polar surface area (TPSA) is 27.0 Å². The Kier molecular flexibility index (Phi) is 4.26. The maximum Gasteiger partial charge on any atom is 0.145 e. The standard InChI is InChI=1S/C14H17FN2S/c1-10-11(2)18-7-6-17(10)9-13-5-3-4-12(8-16)14(13)15/h3-5,10-11H,6-7,9H2,1-2H3. The predicted octanol–water partition coefficient (Wildman–Crippen LogP) is 3.02. The average Bonchev–Trinajstić information content (AvgIpc) is 2.37. The van der Waals surface area contributed by atoms with Crippen molar-refractivity contribution in [3.8, 4) is 6.07 Å². The summed E-state index contributed by atoms with van der Waals surface area (Å²) in [6, 6.07) is 7.39. The summed E-state index contributed by atoms with van der Waals surface area (Å²) in [6.45, 7) is 5.96. The molecule has 96 valence electrons. The molecule has 0 N–H and O–H groups in total. The summed E-state index contributed by atoms with van der Waals surface area (Å²) in [4.78, 5) is 2.29. The van der Waals surface area contributed by atoms with Gasteiger partial charge >= 0.3 is 0 Å². The van der Waals surface area contributed by atoms with Crippen molar-refractivity contribution in [3.05, 3.63) is 35.1 Å². The maximum absolute atomic E-state index is 14.0. The fourth-order valence-electron chi connectivity index (χ4n) is 2.23. The van der Waals surface area contributed by atoms with E-state index < -0.39 is 0 Å². The number of hydrogen-bond acceptors (Lipinski definition) is 3. The van der Waals surface area contributed by atoms with Gasteiger partial charge < -0.3 is 0 Å². The SMILES string of the molecule is CC1SCCN(Cc2cccc(C#N)c2F)C1C. The van der Waals surface area contributed by atoms with Crippen molar-refractivity contribution in [2.24, 2.45) is 0 Å². The van der Waals surface area contributed by atoms with Crippen LogP contribution in [0.15, 0.2) is 18.2 Å². The second-order valence-corrected chi connectivity index (χ2v) is 6.16. The molecule has 0 saturated carbocycles. The molecule has 4 heteroatoms. The first-order valence-corrected chi connectivity index (χ1v) is 7.21. The molecule has 0 amide bonds. The van der Waals surface area contributed by atoms with Gasteiger partial charge in [0, 0.05) is 35.7 Å². The van der Waals surface area contributed by atoms with Crippen LogP contribution in [-0.2, 0) is 6.54 Å². The van der Waals surface area contributed by atoms with Crippen molar-refractivity contribution in [2.45, 2.75) is 31.7 Å². The Balaban J connectivity index is 2.17. The molecule has 1 heterocycles. The van der Waals surface area contributed by atoms with E-state index in [2.05, 4.69) is 18.7 Å². The van der Waals surface area contributed by atoms with E-state index in [-0.39, 0.29) is 11.4 Å². The fraction of sp³-hybridized carbons (Fsp3) is 0.500. The van der Waals surface area contributed by atoms with Gasteiger partial charge in [0.25, 0.3) is 0 Å². The molecule has 1 aliphatic heterocycles. The highest BCUT2D eigenvalue weighted by atomic mass is 32.2. The first kappa shape index (κ1) is 13.4. The van der Waals surface area contributed by atoms with Gasteiger partial charge in [0.1, 0.15) is 11.9 Å². The van der Waals surface area contributed by atoms with E-state index in [9.17, 15) is 4.39 Å². The van der Waals surface area contributed by atoms with Crippen LogP contribution < -0.4 is 0 Å². The Morgan fingerprint density at radius 1 is 1.50 bits per heavy atom. The largest absolute Gasteiger partial charge is 0.294 e. The lowest BCUT2D eigenvalue weighted by molar-refractivity contribution is 0.202. The van der Waals surface area contributed by atoms with E-state index in [0.29, 0.717) is 23.4 Å². The van der Waals surface area contributed by atoms with Gasteiger partial charge in [-0.2, -0.15) is 17.0 Å². The van der Waals surface area contributed by atoms with E-state index in [0.717, 1.165) is 12.3 Å². The molecule has 2 atom stereocenters. The van der Waals surface area contributed by atoms with Gasteiger partial charge in [0.15, 0.2) is 0 Å². The minimum absolute atomic E-state index is 0.139. The zero-order valence-electron chi connectivity index (χ0n) is 10.7. The van der Waals surface area contributed by atoms with Crippen LogP contribution in [0.2, 0.25) is 0 Å². The molecule has 0 spiro atoms. The van der Waals surface area contributed by atoms with E-state index in [4.69, 9.17) is 5.26 Å². The van der Waals surface area contributed by atoms with Crippen LogP contribution in [0.5, 0.6) is 0 Å². The third kappa shape index (κ3) is 2.68. The molecule has 0 aliphatic carbocycles. The molecule has 1 aliphatic rings. The van der Waals surface area contributed by atoms with Crippen LogP contribution in [0.1, 0.15) is 25.0 Å². The molecule has 0 bridgehead atoms. The van der Waals surface area contributed by atoms with Crippen LogP contribution >= 0.6 is 11.8 Å². The second-order valence-electron chi connectivity index (χ2n) is 4.68. The first-order chi connectivity index (χ1) is 8.63. The monoisotopic (exact) mass is 264 g/mol.